The van der Waals surface area contributed by atoms with E-state index in [2.05, 4.69) is 28.5 Å². The molecule has 1 atom stereocenters. The van der Waals surface area contributed by atoms with Gasteiger partial charge in [-0.05, 0) is 54.9 Å². The molecule has 0 saturated carbocycles. The molecular formula is C19H19Cl2N2OS+. The molecule has 0 radical (unpaired) electrons. The first-order chi connectivity index (χ1) is 12.0. The van der Waals surface area contributed by atoms with Crippen molar-refractivity contribution in [1.29, 1.82) is 0 Å². The number of hydrogen-bond donors (Lipinski definition) is 1. The van der Waals surface area contributed by atoms with E-state index < -0.39 is 5.72 Å². The number of hydrogen-bond acceptors (Lipinski definition) is 3. The molecule has 2 aliphatic heterocycles. The second kappa shape index (κ2) is 6.51. The molecule has 0 aliphatic carbocycles. The smallest absolute Gasteiger partial charge is 0.316 e. The molecule has 2 aromatic rings. The van der Waals surface area contributed by atoms with Gasteiger partial charge in [0.1, 0.15) is 5.69 Å². The Bertz CT molecular complexity index is 870. The highest BCUT2D eigenvalue weighted by Gasteiger charge is 2.54. The van der Waals surface area contributed by atoms with Gasteiger partial charge in [-0.15, -0.1) is 0 Å². The molecule has 6 heteroatoms. The summed E-state index contributed by atoms with van der Waals surface area (Å²) in [5.41, 5.74) is 1.85. The second-order valence-corrected chi connectivity index (χ2v) is 8.36. The Balaban J connectivity index is 1.85. The monoisotopic (exact) mass is 393 g/mol. The number of amidine groups is 1. The van der Waals surface area contributed by atoms with E-state index in [0.29, 0.717) is 22.2 Å². The number of aryl methyl sites for hydroxylation is 1. The number of para-hydroxylation sites is 1. The van der Waals surface area contributed by atoms with Crippen LogP contribution in [0.1, 0.15) is 17.5 Å². The first-order valence-electron chi connectivity index (χ1n) is 8.29. The molecule has 0 saturated heterocycles. The Hall–Kier alpha value is -1.20. The Morgan fingerprint density at radius 1 is 1.20 bits per heavy atom. The van der Waals surface area contributed by atoms with E-state index in [0.717, 1.165) is 29.6 Å². The van der Waals surface area contributed by atoms with E-state index in [9.17, 15) is 5.11 Å². The summed E-state index contributed by atoms with van der Waals surface area (Å²) < 4.78 is 2.09. The second-order valence-electron chi connectivity index (χ2n) is 6.45. The van der Waals surface area contributed by atoms with E-state index in [4.69, 9.17) is 23.2 Å². The van der Waals surface area contributed by atoms with Gasteiger partial charge in [0.15, 0.2) is 6.54 Å². The van der Waals surface area contributed by atoms with Gasteiger partial charge >= 0.3 is 5.17 Å². The van der Waals surface area contributed by atoms with Crippen molar-refractivity contribution in [2.75, 3.05) is 23.7 Å². The summed E-state index contributed by atoms with van der Waals surface area (Å²) in [6, 6.07) is 13.6. The first kappa shape index (κ1) is 17.2. The third kappa shape index (κ3) is 2.85. The number of nitrogens with zero attached hydrogens (tertiary/aromatic N) is 2. The molecule has 2 heterocycles. The van der Waals surface area contributed by atoms with Gasteiger partial charge in [0.25, 0.3) is 5.72 Å². The number of benzene rings is 2. The summed E-state index contributed by atoms with van der Waals surface area (Å²) in [6.07, 6.45) is 1.03. The average molecular weight is 394 g/mol. The van der Waals surface area contributed by atoms with Crippen LogP contribution in [0.15, 0.2) is 42.5 Å². The SMILES string of the molecule is Cc1ccccc1N1C[C@](O)(c2ccc(Cl)cc2Cl)[N+]2=C1SCCC2. The van der Waals surface area contributed by atoms with Gasteiger partial charge in [0.05, 0.1) is 17.1 Å². The summed E-state index contributed by atoms with van der Waals surface area (Å²) >= 11 is 14.3. The molecule has 0 amide bonds. The molecule has 130 valence electrons. The minimum atomic E-state index is -1.16. The number of halogens is 2. The highest BCUT2D eigenvalue weighted by molar-refractivity contribution is 8.13. The van der Waals surface area contributed by atoms with Crippen LogP contribution in [0, 0.1) is 6.92 Å². The molecule has 4 rings (SSSR count). The fourth-order valence-corrected chi connectivity index (χ4v) is 5.33. The van der Waals surface area contributed by atoms with Crippen molar-refractivity contribution < 1.29 is 9.68 Å². The fraction of sp³-hybridized carbons (Fsp3) is 0.316. The first-order valence-corrected chi connectivity index (χ1v) is 10.0. The van der Waals surface area contributed by atoms with Crippen LogP contribution in [-0.2, 0) is 5.72 Å². The zero-order valence-corrected chi connectivity index (χ0v) is 16.2. The van der Waals surface area contributed by atoms with Crippen LogP contribution in [0.25, 0.3) is 0 Å². The molecule has 0 spiro atoms. The fourth-order valence-electron chi connectivity index (χ4n) is 3.60. The predicted molar refractivity (Wildman–Crippen MR) is 106 cm³/mol. The number of aliphatic hydroxyl groups is 1. The van der Waals surface area contributed by atoms with Crippen LogP contribution < -0.4 is 4.90 Å². The predicted octanol–water partition coefficient (Wildman–Crippen LogP) is 4.47. The molecular weight excluding hydrogens is 375 g/mol. The highest BCUT2D eigenvalue weighted by atomic mass is 35.5. The van der Waals surface area contributed by atoms with Crippen LogP contribution in [-0.4, -0.2) is 33.7 Å². The van der Waals surface area contributed by atoms with E-state index >= 15 is 0 Å². The maximum atomic E-state index is 11.7. The van der Waals surface area contributed by atoms with Crippen LogP contribution in [0.3, 0.4) is 0 Å². The van der Waals surface area contributed by atoms with Gasteiger partial charge in [-0.25, -0.2) is 9.48 Å². The van der Waals surface area contributed by atoms with Crippen LogP contribution in [0.4, 0.5) is 5.69 Å². The Labute approximate surface area is 161 Å². The maximum Gasteiger partial charge on any atom is 0.316 e. The summed E-state index contributed by atoms with van der Waals surface area (Å²) in [4.78, 5) is 2.21. The third-order valence-corrected chi connectivity index (χ3v) is 6.55. The van der Waals surface area contributed by atoms with Crippen molar-refractivity contribution in [3.05, 3.63) is 63.6 Å². The van der Waals surface area contributed by atoms with Crippen molar-refractivity contribution in [1.82, 2.24) is 0 Å². The number of rotatable bonds is 2. The molecule has 2 aromatic carbocycles. The largest absolute Gasteiger partial charge is 0.346 e. The van der Waals surface area contributed by atoms with Gasteiger partial charge in [-0.1, -0.05) is 41.4 Å². The molecule has 1 N–H and O–H groups in total. The van der Waals surface area contributed by atoms with Crippen molar-refractivity contribution in [3.63, 3.8) is 0 Å². The average Bonchev–Trinajstić information content (AvgIpc) is 2.89. The van der Waals surface area contributed by atoms with Crippen LogP contribution in [0.2, 0.25) is 10.0 Å². The van der Waals surface area contributed by atoms with Gasteiger partial charge in [0.2, 0.25) is 0 Å². The summed E-state index contributed by atoms with van der Waals surface area (Å²) in [7, 11) is 0. The van der Waals surface area contributed by atoms with Gasteiger partial charge in [0, 0.05) is 10.8 Å². The molecule has 0 aromatic heterocycles. The lowest BCUT2D eigenvalue weighted by atomic mass is 10.0. The lowest BCUT2D eigenvalue weighted by Crippen LogP contribution is -2.41. The summed E-state index contributed by atoms with van der Waals surface area (Å²) in [6.45, 7) is 3.35. The summed E-state index contributed by atoms with van der Waals surface area (Å²) in [5.74, 6) is 1.05. The van der Waals surface area contributed by atoms with Crippen molar-refractivity contribution in [3.8, 4) is 0 Å². The van der Waals surface area contributed by atoms with Gasteiger partial charge in [-0.2, -0.15) is 0 Å². The zero-order chi connectivity index (χ0) is 17.6. The van der Waals surface area contributed by atoms with Gasteiger partial charge < -0.3 is 5.11 Å². The highest BCUT2D eigenvalue weighted by Crippen LogP contribution is 2.41. The molecule has 3 nitrogen and oxygen atoms in total. The lowest BCUT2D eigenvalue weighted by molar-refractivity contribution is -0.656. The van der Waals surface area contributed by atoms with Crippen LogP contribution >= 0.6 is 35.0 Å². The van der Waals surface area contributed by atoms with Crippen LogP contribution in [0.5, 0.6) is 0 Å². The molecule has 25 heavy (non-hydrogen) atoms. The number of thioether (sulfide) groups is 1. The van der Waals surface area contributed by atoms with Crippen molar-refractivity contribution >= 4 is 45.8 Å². The van der Waals surface area contributed by atoms with E-state index in [-0.39, 0.29) is 0 Å². The minimum Gasteiger partial charge on any atom is -0.346 e. The quantitative estimate of drug-likeness (QED) is 0.762. The maximum absolute atomic E-state index is 11.7. The van der Waals surface area contributed by atoms with Crippen molar-refractivity contribution in [2.45, 2.75) is 19.1 Å². The standard InChI is InChI=1S/C19H19Cl2N2OS/c1-13-5-2-3-6-17(13)22-12-19(24,23-9-4-10-25-18(22)23)15-8-7-14(20)11-16(15)21/h2-3,5-8,11,24H,4,9-10,12H2,1H3/q+1/t19-/m0/s1. The molecule has 2 aliphatic rings. The third-order valence-electron chi connectivity index (χ3n) is 4.81. The van der Waals surface area contributed by atoms with E-state index in [1.165, 1.54) is 5.56 Å². The van der Waals surface area contributed by atoms with Gasteiger partial charge in [-0.3, -0.25) is 0 Å². The topological polar surface area (TPSA) is 26.5 Å². The number of β-amino-alcohol motifs (C(OH)–C–C–N with tert-alkyl or cyclic N) is 1. The van der Waals surface area contributed by atoms with Crippen molar-refractivity contribution in [2.24, 2.45) is 0 Å². The lowest BCUT2D eigenvalue weighted by Gasteiger charge is -2.25. The molecule has 0 unspecified atom stereocenters. The summed E-state index contributed by atoms with van der Waals surface area (Å²) in [5, 5.41) is 13.8. The Morgan fingerprint density at radius 2 is 2.00 bits per heavy atom. The number of anilines is 1. The molecule has 0 fully saturated rings. The zero-order valence-electron chi connectivity index (χ0n) is 13.9. The Morgan fingerprint density at radius 3 is 2.76 bits per heavy atom. The minimum absolute atomic E-state index is 0.446. The van der Waals surface area contributed by atoms with E-state index in [1.54, 1.807) is 23.9 Å². The molecule has 0 bridgehead atoms. The normalized spacial score (nSPS) is 23.1. The Kier molecular flexibility index (Phi) is 4.49. The van der Waals surface area contributed by atoms with E-state index in [1.807, 2.05) is 18.2 Å².